The van der Waals surface area contributed by atoms with Crippen molar-refractivity contribution < 1.29 is 18.9 Å². The van der Waals surface area contributed by atoms with E-state index in [1.807, 2.05) is 20.8 Å². The first-order valence-electron chi connectivity index (χ1n) is 8.81. The van der Waals surface area contributed by atoms with Crippen molar-refractivity contribution in [3.8, 4) is 0 Å². The van der Waals surface area contributed by atoms with Crippen LogP contribution in [0.2, 0.25) is 0 Å². The summed E-state index contributed by atoms with van der Waals surface area (Å²) in [7, 11) is 0. The van der Waals surface area contributed by atoms with Gasteiger partial charge in [0.05, 0.1) is 51.3 Å². The molecule has 0 aromatic heterocycles. The second-order valence-electron chi connectivity index (χ2n) is 9.05. The molecule has 0 rings (SSSR count). The van der Waals surface area contributed by atoms with Gasteiger partial charge in [-0.3, -0.25) is 0 Å². The van der Waals surface area contributed by atoms with Crippen molar-refractivity contribution in [3.05, 3.63) is 0 Å². The van der Waals surface area contributed by atoms with E-state index in [4.69, 9.17) is 18.9 Å². The molecule has 23 heavy (non-hydrogen) atoms. The summed E-state index contributed by atoms with van der Waals surface area (Å²) >= 11 is 0. The van der Waals surface area contributed by atoms with E-state index in [1.54, 1.807) is 0 Å². The standard InChI is InChI=1S/C19H40O4/c1-15(10-20-13-18(4,5)6)21-11-16(2)22-12-17(3)23-14-19(7,8)9/h15-17H,10-14H2,1-9H3. The lowest BCUT2D eigenvalue weighted by molar-refractivity contribution is -0.0887. The Labute approximate surface area is 144 Å². The van der Waals surface area contributed by atoms with Crippen LogP contribution in [0.5, 0.6) is 0 Å². The highest BCUT2D eigenvalue weighted by Gasteiger charge is 2.15. The largest absolute Gasteiger partial charge is 0.378 e. The predicted octanol–water partition coefficient (Wildman–Crippen LogP) is 4.31. The molecule has 0 amide bonds. The van der Waals surface area contributed by atoms with Gasteiger partial charge in [-0.1, -0.05) is 41.5 Å². The summed E-state index contributed by atoms with van der Waals surface area (Å²) < 4.78 is 23.0. The number of ether oxygens (including phenoxy) is 4. The Bertz CT molecular complexity index is 291. The Morgan fingerprint density at radius 3 is 1.39 bits per heavy atom. The molecule has 4 heteroatoms. The molecular formula is C19H40O4. The fourth-order valence-corrected chi connectivity index (χ4v) is 1.67. The lowest BCUT2D eigenvalue weighted by Crippen LogP contribution is -2.28. The van der Waals surface area contributed by atoms with E-state index in [9.17, 15) is 0 Å². The summed E-state index contributed by atoms with van der Waals surface area (Å²) in [5.41, 5.74) is 0.380. The van der Waals surface area contributed by atoms with Gasteiger partial charge in [-0.05, 0) is 31.6 Å². The van der Waals surface area contributed by atoms with Crippen molar-refractivity contribution in [2.45, 2.75) is 80.6 Å². The molecule has 0 aliphatic rings. The maximum absolute atomic E-state index is 5.79. The molecule has 0 radical (unpaired) electrons. The highest BCUT2D eigenvalue weighted by molar-refractivity contribution is 4.62. The molecule has 0 heterocycles. The third-order valence-electron chi connectivity index (χ3n) is 2.92. The highest BCUT2D eigenvalue weighted by Crippen LogP contribution is 2.14. The van der Waals surface area contributed by atoms with E-state index in [2.05, 4.69) is 41.5 Å². The molecular weight excluding hydrogens is 292 g/mol. The molecule has 3 atom stereocenters. The van der Waals surface area contributed by atoms with E-state index < -0.39 is 0 Å². The molecule has 0 N–H and O–H groups in total. The van der Waals surface area contributed by atoms with E-state index in [0.717, 1.165) is 13.2 Å². The maximum atomic E-state index is 5.79. The Morgan fingerprint density at radius 1 is 0.565 bits per heavy atom. The lowest BCUT2D eigenvalue weighted by Gasteiger charge is -2.24. The van der Waals surface area contributed by atoms with Gasteiger partial charge in [0.1, 0.15) is 0 Å². The zero-order chi connectivity index (χ0) is 18.1. The Balaban J connectivity index is 3.71. The molecule has 0 spiro atoms. The number of hydrogen-bond acceptors (Lipinski definition) is 4. The second kappa shape index (κ2) is 10.7. The molecule has 0 aliphatic carbocycles. The van der Waals surface area contributed by atoms with Gasteiger partial charge in [0.15, 0.2) is 0 Å². The van der Waals surface area contributed by atoms with Crippen LogP contribution in [-0.2, 0) is 18.9 Å². The van der Waals surface area contributed by atoms with Crippen LogP contribution < -0.4 is 0 Å². The normalized spacial score (nSPS) is 17.1. The monoisotopic (exact) mass is 332 g/mol. The van der Waals surface area contributed by atoms with Crippen LogP contribution >= 0.6 is 0 Å². The predicted molar refractivity (Wildman–Crippen MR) is 96.0 cm³/mol. The molecule has 0 fully saturated rings. The Morgan fingerprint density at radius 2 is 0.957 bits per heavy atom. The quantitative estimate of drug-likeness (QED) is 0.565. The summed E-state index contributed by atoms with van der Waals surface area (Å²) in [6.07, 6.45) is 0.239. The van der Waals surface area contributed by atoms with Crippen LogP contribution in [0.25, 0.3) is 0 Å². The van der Waals surface area contributed by atoms with Crippen molar-refractivity contribution >= 4 is 0 Å². The molecule has 0 aromatic carbocycles. The van der Waals surface area contributed by atoms with E-state index in [0.29, 0.717) is 19.8 Å². The minimum Gasteiger partial charge on any atom is -0.378 e. The minimum atomic E-state index is 0.0563. The van der Waals surface area contributed by atoms with E-state index in [-0.39, 0.29) is 29.1 Å². The molecule has 4 nitrogen and oxygen atoms in total. The summed E-state index contributed by atoms with van der Waals surface area (Å²) in [6.45, 7) is 22.4. The first-order chi connectivity index (χ1) is 10.4. The molecule has 0 aliphatic heterocycles. The Kier molecular flexibility index (Phi) is 10.6. The van der Waals surface area contributed by atoms with Gasteiger partial charge in [0.25, 0.3) is 0 Å². The van der Waals surface area contributed by atoms with Gasteiger partial charge in [0, 0.05) is 0 Å². The third kappa shape index (κ3) is 16.5. The van der Waals surface area contributed by atoms with Crippen LogP contribution in [0.3, 0.4) is 0 Å². The summed E-state index contributed by atoms with van der Waals surface area (Å²) in [5, 5.41) is 0. The van der Waals surface area contributed by atoms with Crippen LogP contribution in [0.15, 0.2) is 0 Å². The zero-order valence-corrected chi connectivity index (χ0v) is 16.9. The second-order valence-corrected chi connectivity index (χ2v) is 9.05. The zero-order valence-electron chi connectivity index (χ0n) is 16.9. The van der Waals surface area contributed by atoms with Gasteiger partial charge in [-0.2, -0.15) is 0 Å². The fourth-order valence-electron chi connectivity index (χ4n) is 1.67. The SMILES string of the molecule is CC(COCC(C)(C)C)OCC(C)OCC(C)OCC(C)(C)C. The van der Waals surface area contributed by atoms with Gasteiger partial charge >= 0.3 is 0 Å². The number of rotatable bonds is 11. The summed E-state index contributed by atoms with van der Waals surface area (Å²) in [4.78, 5) is 0. The van der Waals surface area contributed by atoms with Crippen molar-refractivity contribution in [1.82, 2.24) is 0 Å². The van der Waals surface area contributed by atoms with Crippen LogP contribution in [-0.4, -0.2) is 51.3 Å². The highest BCUT2D eigenvalue weighted by atomic mass is 16.6. The van der Waals surface area contributed by atoms with Crippen LogP contribution in [0, 0.1) is 10.8 Å². The average Bonchev–Trinajstić information content (AvgIpc) is 2.38. The van der Waals surface area contributed by atoms with Gasteiger partial charge < -0.3 is 18.9 Å². The Hall–Kier alpha value is -0.160. The fraction of sp³-hybridized carbons (Fsp3) is 1.00. The molecule has 0 aromatic rings. The van der Waals surface area contributed by atoms with Crippen molar-refractivity contribution in [1.29, 1.82) is 0 Å². The molecule has 3 unspecified atom stereocenters. The first kappa shape index (κ1) is 22.8. The smallest absolute Gasteiger partial charge is 0.0781 e. The van der Waals surface area contributed by atoms with Crippen molar-refractivity contribution in [2.75, 3.05) is 33.0 Å². The average molecular weight is 333 g/mol. The minimum absolute atomic E-state index is 0.0563. The summed E-state index contributed by atoms with van der Waals surface area (Å²) in [5.74, 6) is 0. The molecule has 140 valence electrons. The van der Waals surface area contributed by atoms with Gasteiger partial charge in [-0.15, -0.1) is 0 Å². The third-order valence-corrected chi connectivity index (χ3v) is 2.92. The molecule has 0 saturated heterocycles. The maximum Gasteiger partial charge on any atom is 0.0781 e. The van der Waals surface area contributed by atoms with Crippen LogP contribution in [0.1, 0.15) is 62.3 Å². The molecule has 0 saturated carbocycles. The van der Waals surface area contributed by atoms with Gasteiger partial charge in [0.2, 0.25) is 0 Å². The summed E-state index contributed by atoms with van der Waals surface area (Å²) in [6, 6.07) is 0. The van der Waals surface area contributed by atoms with Crippen LogP contribution in [0.4, 0.5) is 0 Å². The van der Waals surface area contributed by atoms with Crippen molar-refractivity contribution in [2.24, 2.45) is 10.8 Å². The van der Waals surface area contributed by atoms with E-state index in [1.165, 1.54) is 0 Å². The van der Waals surface area contributed by atoms with E-state index >= 15 is 0 Å². The van der Waals surface area contributed by atoms with Gasteiger partial charge in [-0.25, -0.2) is 0 Å². The molecule has 0 bridgehead atoms. The first-order valence-corrected chi connectivity index (χ1v) is 8.81. The topological polar surface area (TPSA) is 36.9 Å². The number of hydrogen-bond donors (Lipinski definition) is 0. The van der Waals surface area contributed by atoms with Crippen molar-refractivity contribution in [3.63, 3.8) is 0 Å². The lowest BCUT2D eigenvalue weighted by atomic mass is 9.99.